The van der Waals surface area contributed by atoms with Crippen LogP contribution in [0.4, 0.5) is 11.4 Å². The minimum Gasteiger partial charge on any atom is -0.484 e. The summed E-state index contributed by atoms with van der Waals surface area (Å²) >= 11 is 2.91. The third-order valence-corrected chi connectivity index (χ3v) is 13.0. The second kappa shape index (κ2) is 11.0. The fraction of sp³-hybridized carbons (Fsp3) is 0.243. The number of thioether (sulfide) groups is 1. The van der Waals surface area contributed by atoms with Crippen LogP contribution in [-0.2, 0) is 14.4 Å². The molecule has 10 heteroatoms. The highest BCUT2D eigenvalue weighted by Crippen LogP contribution is 2.68. The number of rotatable bonds is 6. The number of aromatic nitrogens is 1. The molecule has 5 aromatic rings. The van der Waals surface area contributed by atoms with Crippen molar-refractivity contribution in [2.24, 2.45) is 29.6 Å². The van der Waals surface area contributed by atoms with Crippen LogP contribution >= 0.6 is 23.1 Å². The van der Waals surface area contributed by atoms with Crippen molar-refractivity contribution in [3.8, 4) is 5.75 Å². The lowest BCUT2D eigenvalue weighted by atomic mass is 9.68. The minimum absolute atomic E-state index is 0.0386. The third-order valence-electron chi connectivity index (χ3n) is 10.4. The number of carbonyl (C=O) groups is 3. The highest BCUT2D eigenvalue weighted by atomic mass is 32.2. The maximum absolute atomic E-state index is 13.9. The summed E-state index contributed by atoms with van der Waals surface area (Å²) in [6, 6.07) is 30.6. The molecule has 47 heavy (non-hydrogen) atoms. The van der Waals surface area contributed by atoms with Gasteiger partial charge in [0.1, 0.15) is 5.75 Å². The van der Waals surface area contributed by atoms with E-state index in [1.165, 1.54) is 16.2 Å². The van der Waals surface area contributed by atoms with Crippen LogP contribution in [0.25, 0.3) is 10.8 Å². The van der Waals surface area contributed by atoms with Gasteiger partial charge in [-0.05, 0) is 65.5 Å². The highest BCUT2D eigenvalue weighted by molar-refractivity contribution is 8.00. The van der Waals surface area contributed by atoms with Gasteiger partial charge in [-0.15, -0.1) is 11.8 Å². The molecule has 0 radical (unpaired) electrons. The first-order valence-corrected chi connectivity index (χ1v) is 17.5. The average Bonchev–Trinajstić information content (AvgIpc) is 3.83. The van der Waals surface area contributed by atoms with Crippen LogP contribution in [0.3, 0.4) is 0 Å². The molecule has 3 fully saturated rings. The Balaban J connectivity index is 0.968. The molecule has 9 rings (SSSR count). The van der Waals surface area contributed by atoms with Crippen LogP contribution in [0.15, 0.2) is 107 Å². The van der Waals surface area contributed by atoms with Crippen molar-refractivity contribution < 1.29 is 19.1 Å². The fourth-order valence-corrected chi connectivity index (χ4v) is 11.6. The Bertz CT molecular complexity index is 2120. The van der Waals surface area contributed by atoms with Crippen LogP contribution in [0, 0.1) is 29.6 Å². The Labute approximate surface area is 278 Å². The van der Waals surface area contributed by atoms with Crippen LogP contribution in [-0.4, -0.2) is 34.6 Å². The van der Waals surface area contributed by atoms with E-state index in [9.17, 15) is 19.2 Å². The van der Waals surface area contributed by atoms with Crippen LogP contribution in [0.1, 0.15) is 22.8 Å². The standard InChI is InChI=1S/C37H29N3O5S2/c41-27(38-26-12-6-8-19-7-4-5-11-23(19)26)18-45-22-15-13-20(14-16-22)28-29-24-17-25(32(29)46-34-33(28)47-37(44)39-34)31-30(24)35(42)40(36(31)43)21-9-2-1-3-10-21/h1-16,24-25,28-32H,17-18H2,(H,38,41)(H,39,44)/t24-,25-,28+,29-,30+,31+,32-/m1/s1. The van der Waals surface area contributed by atoms with Crippen molar-refractivity contribution in [1.29, 1.82) is 0 Å². The summed E-state index contributed by atoms with van der Waals surface area (Å²) in [5, 5.41) is 5.96. The molecule has 3 amide bonds. The van der Waals surface area contributed by atoms with Crippen LogP contribution in [0.2, 0.25) is 0 Å². The van der Waals surface area contributed by atoms with Crippen molar-refractivity contribution >= 4 is 63.0 Å². The van der Waals surface area contributed by atoms with Gasteiger partial charge in [-0.3, -0.25) is 24.1 Å². The second-order valence-corrected chi connectivity index (χ2v) is 14.9. The highest BCUT2D eigenvalue weighted by Gasteiger charge is 2.69. The van der Waals surface area contributed by atoms with E-state index in [0.717, 1.165) is 38.3 Å². The molecule has 4 aliphatic rings. The second-order valence-electron chi connectivity index (χ2n) is 12.7. The number of H-pyrrole nitrogens is 1. The van der Waals surface area contributed by atoms with E-state index < -0.39 is 0 Å². The Hall–Kier alpha value is -4.67. The molecule has 7 atom stereocenters. The molecule has 2 bridgehead atoms. The van der Waals surface area contributed by atoms with Gasteiger partial charge in [0, 0.05) is 27.1 Å². The molecular weight excluding hydrogens is 631 g/mol. The molecule has 1 aromatic heterocycles. The number of anilines is 2. The van der Waals surface area contributed by atoms with Gasteiger partial charge in [-0.2, -0.15) is 0 Å². The molecular formula is C37H29N3O5S2. The Morgan fingerprint density at radius 1 is 0.851 bits per heavy atom. The fourth-order valence-electron chi connectivity index (χ4n) is 8.66. The van der Waals surface area contributed by atoms with E-state index in [2.05, 4.69) is 10.3 Å². The molecule has 4 aromatic carbocycles. The van der Waals surface area contributed by atoms with Gasteiger partial charge >= 0.3 is 4.87 Å². The summed E-state index contributed by atoms with van der Waals surface area (Å²) in [6.45, 7) is -0.141. The molecule has 234 valence electrons. The predicted molar refractivity (Wildman–Crippen MR) is 182 cm³/mol. The Morgan fingerprint density at radius 2 is 1.57 bits per heavy atom. The maximum atomic E-state index is 13.9. The van der Waals surface area contributed by atoms with Crippen molar-refractivity contribution in [3.63, 3.8) is 0 Å². The zero-order valence-electron chi connectivity index (χ0n) is 25.0. The summed E-state index contributed by atoms with van der Waals surface area (Å²) in [4.78, 5) is 58.5. The number of ether oxygens (including phenoxy) is 1. The van der Waals surface area contributed by atoms with Gasteiger partial charge in [0.25, 0.3) is 5.91 Å². The summed E-state index contributed by atoms with van der Waals surface area (Å²) in [5.41, 5.74) is 2.40. The summed E-state index contributed by atoms with van der Waals surface area (Å²) < 4.78 is 5.88. The van der Waals surface area contributed by atoms with Gasteiger partial charge in [0.15, 0.2) is 6.61 Å². The third kappa shape index (κ3) is 4.49. The van der Waals surface area contributed by atoms with Gasteiger partial charge in [0.2, 0.25) is 11.8 Å². The lowest BCUT2D eigenvalue weighted by Crippen LogP contribution is -2.42. The lowest BCUT2D eigenvalue weighted by molar-refractivity contribution is -0.123. The normalized spacial score (nSPS) is 27.1. The molecule has 8 nitrogen and oxygen atoms in total. The first-order chi connectivity index (χ1) is 23.0. The van der Waals surface area contributed by atoms with Crippen LogP contribution in [0.5, 0.6) is 5.75 Å². The van der Waals surface area contributed by atoms with E-state index in [-0.39, 0.29) is 70.0 Å². The summed E-state index contributed by atoms with van der Waals surface area (Å²) in [6.07, 6.45) is 0.834. The molecule has 0 unspecified atom stereocenters. The zero-order chi connectivity index (χ0) is 31.8. The molecule has 2 aliphatic heterocycles. The number of imide groups is 1. The summed E-state index contributed by atoms with van der Waals surface area (Å²) in [7, 11) is 0. The first kappa shape index (κ1) is 28.5. The van der Waals surface area contributed by atoms with Crippen molar-refractivity contribution in [1.82, 2.24) is 4.98 Å². The van der Waals surface area contributed by atoms with E-state index in [1.54, 1.807) is 11.8 Å². The number of amides is 3. The van der Waals surface area contributed by atoms with E-state index in [0.29, 0.717) is 11.4 Å². The van der Waals surface area contributed by atoms with Crippen molar-refractivity contribution in [3.05, 3.63) is 117 Å². The predicted octanol–water partition coefficient (Wildman–Crippen LogP) is 6.29. The van der Waals surface area contributed by atoms with Crippen molar-refractivity contribution in [2.75, 3.05) is 16.8 Å². The molecule has 0 spiro atoms. The molecule has 2 saturated carbocycles. The molecule has 2 aliphatic carbocycles. The van der Waals surface area contributed by atoms with Crippen LogP contribution < -0.4 is 19.8 Å². The largest absolute Gasteiger partial charge is 0.484 e. The molecule has 1 saturated heterocycles. The van der Waals surface area contributed by atoms with Crippen molar-refractivity contribution in [2.45, 2.75) is 22.6 Å². The number of aromatic amines is 1. The monoisotopic (exact) mass is 659 g/mol. The maximum Gasteiger partial charge on any atom is 0.305 e. The summed E-state index contributed by atoms with van der Waals surface area (Å²) in [5.74, 6) is -0.440. The Morgan fingerprint density at radius 3 is 2.38 bits per heavy atom. The smallest absolute Gasteiger partial charge is 0.305 e. The number of nitrogens with one attached hydrogen (secondary N) is 2. The topological polar surface area (TPSA) is 109 Å². The number of benzene rings is 4. The number of thiazole rings is 1. The number of para-hydroxylation sites is 1. The number of hydrogen-bond donors (Lipinski definition) is 2. The molecule has 3 heterocycles. The van der Waals surface area contributed by atoms with Gasteiger partial charge in [-0.1, -0.05) is 78.1 Å². The van der Waals surface area contributed by atoms with Gasteiger partial charge < -0.3 is 15.0 Å². The number of nitrogens with zero attached hydrogens (tertiary/aromatic N) is 1. The SMILES string of the molecule is O=C(COc1ccc([C@@H]2c3sc(=O)[nH]c3S[C@@H]3[C@@H]4C[C@@H]([C@@H]5C(=O)N(c6ccccc6)C(=O)[C@@H]45)[C@H]23)cc1)Nc1cccc2ccccc12. The first-order valence-electron chi connectivity index (χ1n) is 15.8. The number of fused-ring (bicyclic) bond motifs is 10. The average molecular weight is 660 g/mol. The van der Waals surface area contributed by atoms with Gasteiger partial charge in [-0.25, -0.2) is 0 Å². The van der Waals surface area contributed by atoms with E-state index in [1.807, 2.05) is 97.1 Å². The lowest BCUT2D eigenvalue weighted by Gasteiger charge is -2.43. The minimum atomic E-state index is -0.350. The quantitative estimate of drug-likeness (QED) is 0.208. The van der Waals surface area contributed by atoms with Gasteiger partial charge in [0.05, 0.1) is 22.5 Å². The zero-order valence-corrected chi connectivity index (χ0v) is 26.6. The number of carbonyl (C=O) groups excluding carboxylic acids is 3. The van der Waals surface area contributed by atoms with E-state index >= 15 is 0 Å². The molecule has 2 N–H and O–H groups in total. The van der Waals surface area contributed by atoms with E-state index in [4.69, 9.17) is 4.74 Å². The Kier molecular flexibility index (Phi) is 6.65. The number of hydrogen-bond acceptors (Lipinski definition) is 7.